The Morgan fingerprint density at radius 3 is 3.08 bits per heavy atom. The highest BCUT2D eigenvalue weighted by atomic mass is 16.2. The fraction of sp³-hybridized carbons (Fsp3) is 0.529. The Bertz CT molecular complexity index is 761. The van der Waals surface area contributed by atoms with E-state index in [1.165, 1.54) is 0 Å². The molecular weight excluding hydrogens is 332 g/mol. The lowest BCUT2D eigenvalue weighted by Crippen LogP contribution is -2.62. The van der Waals surface area contributed by atoms with Gasteiger partial charge < -0.3 is 15.5 Å². The molecule has 3 N–H and O–H groups in total. The Morgan fingerprint density at radius 1 is 1.58 bits per heavy atom. The Morgan fingerprint density at radius 2 is 2.42 bits per heavy atom. The molecule has 0 spiro atoms. The van der Waals surface area contributed by atoms with Crippen molar-refractivity contribution in [1.29, 1.82) is 5.26 Å². The van der Waals surface area contributed by atoms with Gasteiger partial charge in [0.25, 0.3) is 5.91 Å². The Labute approximate surface area is 152 Å². The van der Waals surface area contributed by atoms with E-state index in [1.807, 2.05) is 32.4 Å². The molecule has 1 amide bonds. The summed E-state index contributed by atoms with van der Waals surface area (Å²) in [6, 6.07) is 1.99. The van der Waals surface area contributed by atoms with Crippen molar-refractivity contribution in [3.63, 3.8) is 0 Å². The summed E-state index contributed by atoms with van der Waals surface area (Å²) < 4.78 is 1.71. The highest BCUT2D eigenvalue weighted by Gasteiger charge is 2.34. The van der Waals surface area contributed by atoms with Crippen LogP contribution in [-0.4, -0.2) is 51.8 Å². The van der Waals surface area contributed by atoms with Crippen LogP contribution in [0.5, 0.6) is 0 Å². The number of hydrogen-bond donors (Lipinski definition) is 3. The van der Waals surface area contributed by atoms with Gasteiger partial charge in [0.1, 0.15) is 6.42 Å². The normalized spacial score (nSPS) is 24.7. The number of nitriles is 1. The molecule has 2 aliphatic heterocycles. The number of aliphatic imine (C=N–C) groups is 1. The second kappa shape index (κ2) is 7.58. The van der Waals surface area contributed by atoms with Crippen LogP contribution in [0, 0.1) is 11.3 Å². The second-order valence-electron chi connectivity index (χ2n) is 6.63. The third-order valence-corrected chi connectivity index (χ3v) is 4.52. The van der Waals surface area contributed by atoms with Crippen LogP contribution in [-0.2, 0) is 11.8 Å². The van der Waals surface area contributed by atoms with Gasteiger partial charge in [0.15, 0.2) is 0 Å². The first kappa shape index (κ1) is 17.9. The number of allylic oxidation sites excluding steroid dienone is 1. The number of nitrogens with one attached hydrogen (secondary N) is 3. The fourth-order valence-corrected chi connectivity index (χ4v) is 3.21. The van der Waals surface area contributed by atoms with Gasteiger partial charge >= 0.3 is 0 Å². The highest BCUT2D eigenvalue weighted by Crippen LogP contribution is 2.20. The SMILES string of the molecule is CC1=CNC(NCC2CCCN2C(=O)CC#N)(Nc2cnn(C)c2)N=C1. The first-order valence-corrected chi connectivity index (χ1v) is 8.69. The first-order chi connectivity index (χ1) is 12.5. The van der Waals surface area contributed by atoms with Crippen molar-refractivity contribution < 1.29 is 4.79 Å². The van der Waals surface area contributed by atoms with Gasteiger partial charge in [0.2, 0.25) is 5.91 Å². The van der Waals surface area contributed by atoms with Crippen LogP contribution in [0.2, 0.25) is 0 Å². The number of aromatic nitrogens is 2. The topological polar surface area (TPSA) is 110 Å². The van der Waals surface area contributed by atoms with Crippen molar-refractivity contribution in [3.05, 3.63) is 24.2 Å². The van der Waals surface area contributed by atoms with Gasteiger partial charge in [-0.1, -0.05) is 0 Å². The average molecular weight is 356 g/mol. The quantitative estimate of drug-likeness (QED) is 0.641. The molecule has 9 heteroatoms. The van der Waals surface area contributed by atoms with E-state index in [-0.39, 0.29) is 18.4 Å². The van der Waals surface area contributed by atoms with E-state index in [0.29, 0.717) is 13.1 Å². The summed E-state index contributed by atoms with van der Waals surface area (Å²) in [6.07, 6.45) is 9.05. The maximum absolute atomic E-state index is 12.1. The van der Waals surface area contributed by atoms with Crippen molar-refractivity contribution in [2.75, 3.05) is 18.4 Å². The molecule has 0 aliphatic carbocycles. The number of amides is 1. The largest absolute Gasteiger partial charge is 0.338 e. The summed E-state index contributed by atoms with van der Waals surface area (Å²) in [5.74, 6) is -1.02. The summed E-state index contributed by atoms with van der Waals surface area (Å²) in [7, 11) is 1.85. The molecule has 0 radical (unpaired) electrons. The standard InChI is InChI=1S/C17H24N8O/c1-13-8-19-17(20-9-13,23-14-10-22-24(2)12-14)21-11-15-4-3-7-25(15)16(26)5-6-18/h8-10,12,15,19,21,23H,3-5,7,11H2,1-2H3. The molecule has 0 aromatic carbocycles. The molecule has 3 heterocycles. The molecular formula is C17H24N8O. The van der Waals surface area contributed by atoms with E-state index in [9.17, 15) is 4.79 Å². The zero-order valence-electron chi connectivity index (χ0n) is 15.1. The number of carbonyl (C=O) groups excluding carboxylic acids is 1. The van der Waals surface area contributed by atoms with Crippen LogP contribution in [0.15, 0.2) is 29.2 Å². The van der Waals surface area contributed by atoms with E-state index < -0.39 is 5.91 Å². The summed E-state index contributed by atoms with van der Waals surface area (Å²) in [5, 5.41) is 22.9. The van der Waals surface area contributed by atoms with Crippen LogP contribution < -0.4 is 16.0 Å². The Hall–Kier alpha value is -2.86. The number of anilines is 1. The van der Waals surface area contributed by atoms with Crippen LogP contribution >= 0.6 is 0 Å². The van der Waals surface area contributed by atoms with Crippen LogP contribution in [0.4, 0.5) is 5.69 Å². The molecule has 1 aromatic rings. The molecule has 26 heavy (non-hydrogen) atoms. The van der Waals surface area contributed by atoms with Gasteiger partial charge in [0.05, 0.1) is 18.0 Å². The number of carbonyl (C=O) groups is 1. The second-order valence-corrected chi connectivity index (χ2v) is 6.63. The minimum Gasteiger partial charge on any atom is -0.338 e. The van der Waals surface area contributed by atoms with Crippen molar-refractivity contribution in [2.24, 2.45) is 12.0 Å². The lowest BCUT2D eigenvalue weighted by Gasteiger charge is -2.36. The van der Waals surface area contributed by atoms with Gasteiger partial charge in [-0.05, 0) is 25.3 Å². The summed E-state index contributed by atoms with van der Waals surface area (Å²) >= 11 is 0. The maximum Gasteiger partial charge on any atom is 0.266 e. The first-order valence-electron chi connectivity index (χ1n) is 8.69. The zero-order valence-corrected chi connectivity index (χ0v) is 15.1. The van der Waals surface area contributed by atoms with Gasteiger partial charge in [-0.25, -0.2) is 4.99 Å². The number of rotatable bonds is 6. The number of nitrogens with zero attached hydrogens (tertiary/aromatic N) is 5. The zero-order chi connectivity index (χ0) is 18.6. The Kier molecular flexibility index (Phi) is 5.23. The summed E-state index contributed by atoms with van der Waals surface area (Å²) in [5.41, 5.74) is 1.84. The van der Waals surface area contributed by atoms with Crippen molar-refractivity contribution >= 4 is 17.8 Å². The van der Waals surface area contributed by atoms with E-state index in [2.05, 4.69) is 26.0 Å². The maximum atomic E-state index is 12.1. The molecule has 1 saturated heterocycles. The monoisotopic (exact) mass is 356 g/mol. The molecule has 9 nitrogen and oxygen atoms in total. The molecule has 1 fully saturated rings. The van der Waals surface area contributed by atoms with Crippen molar-refractivity contribution in [3.8, 4) is 6.07 Å². The summed E-state index contributed by atoms with van der Waals surface area (Å²) in [4.78, 5) is 18.5. The molecule has 0 saturated carbocycles. The molecule has 2 atom stereocenters. The fourth-order valence-electron chi connectivity index (χ4n) is 3.21. The van der Waals surface area contributed by atoms with E-state index >= 15 is 0 Å². The molecule has 1 aromatic heterocycles. The third kappa shape index (κ3) is 4.03. The van der Waals surface area contributed by atoms with Gasteiger partial charge in [0, 0.05) is 44.8 Å². The lowest BCUT2D eigenvalue weighted by atomic mass is 10.2. The van der Waals surface area contributed by atoms with E-state index in [4.69, 9.17) is 5.26 Å². The molecule has 0 bridgehead atoms. The predicted octanol–water partition coefficient (Wildman–Crippen LogP) is 0.515. The molecule has 3 rings (SSSR count). The minimum absolute atomic E-state index is 0.0485. The molecule has 2 unspecified atom stereocenters. The Balaban J connectivity index is 1.69. The average Bonchev–Trinajstić information content (AvgIpc) is 3.25. The van der Waals surface area contributed by atoms with Gasteiger partial charge in [-0.15, -0.1) is 0 Å². The minimum atomic E-state index is -0.908. The number of aryl methyl sites for hydroxylation is 1. The number of likely N-dealkylation sites (tertiary alicyclic amines) is 1. The van der Waals surface area contributed by atoms with Crippen molar-refractivity contribution in [2.45, 2.75) is 38.1 Å². The lowest BCUT2D eigenvalue weighted by molar-refractivity contribution is -0.130. The highest BCUT2D eigenvalue weighted by molar-refractivity contribution is 5.79. The molecule has 2 aliphatic rings. The van der Waals surface area contributed by atoms with Crippen LogP contribution in [0.25, 0.3) is 0 Å². The van der Waals surface area contributed by atoms with Gasteiger partial charge in [-0.2, -0.15) is 10.4 Å². The predicted molar refractivity (Wildman–Crippen MR) is 97.9 cm³/mol. The van der Waals surface area contributed by atoms with E-state index in [1.54, 1.807) is 22.0 Å². The van der Waals surface area contributed by atoms with E-state index in [0.717, 1.165) is 24.1 Å². The van der Waals surface area contributed by atoms with Crippen LogP contribution in [0.1, 0.15) is 26.2 Å². The number of hydrogen-bond acceptors (Lipinski definition) is 7. The summed E-state index contributed by atoms with van der Waals surface area (Å²) in [6.45, 7) is 3.22. The van der Waals surface area contributed by atoms with Gasteiger partial charge in [-0.3, -0.25) is 14.8 Å². The smallest absolute Gasteiger partial charge is 0.266 e. The molecule has 138 valence electrons. The van der Waals surface area contributed by atoms with Crippen molar-refractivity contribution in [1.82, 2.24) is 25.3 Å². The van der Waals surface area contributed by atoms with Crippen LogP contribution in [0.3, 0.4) is 0 Å². The third-order valence-electron chi connectivity index (χ3n) is 4.52.